The highest BCUT2D eigenvalue weighted by Crippen LogP contribution is 2.33. The number of amides is 1. The Bertz CT molecular complexity index is 508. The van der Waals surface area contributed by atoms with Crippen LogP contribution in [-0.4, -0.2) is 34.0 Å². The summed E-state index contributed by atoms with van der Waals surface area (Å²) >= 11 is 4.76. The number of piperidine rings is 1. The van der Waals surface area contributed by atoms with E-state index in [-0.39, 0.29) is 5.91 Å². The average molecular weight is 346 g/mol. The standard InChI is InChI=1S/C13H16BrNO3S/c1-8-7-9(19-10(8)14)11(16)15-6-4-3-5-13(15,2)12(17)18/h7H,3-6H2,1-2H3,(H,17,18). The van der Waals surface area contributed by atoms with Crippen molar-refractivity contribution in [1.82, 2.24) is 4.90 Å². The van der Waals surface area contributed by atoms with Gasteiger partial charge in [0.1, 0.15) is 5.54 Å². The molecule has 1 aromatic rings. The first kappa shape index (κ1) is 14.5. The van der Waals surface area contributed by atoms with Gasteiger partial charge in [-0.2, -0.15) is 0 Å². The predicted molar refractivity (Wildman–Crippen MR) is 77.7 cm³/mol. The lowest BCUT2D eigenvalue weighted by molar-refractivity contribution is -0.150. The molecule has 1 N–H and O–H groups in total. The van der Waals surface area contributed by atoms with Gasteiger partial charge in [0.2, 0.25) is 0 Å². The zero-order chi connectivity index (χ0) is 14.2. The Balaban J connectivity index is 2.33. The van der Waals surface area contributed by atoms with Crippen molar-refractivity contribution in [3.63, 3.8) is 0 Å². The second-order valence-corrected chi connectivity index (χ2v) is 7.43. The number of hydrogen-bond donors (Lipinski definition) is 1. The summed E-state index contributed by atoms with van der Waals surface area (Å²) in [6.45, 7) is 4.07. The van der Waals surface area contributed by atoms with Gasteiger partial charge in [0.05, 0.1) is 8.66 Å². The first-order chi connectivity index (χ1) is 8.86. The molecule has 2 rings (SSSR count). The molecule has 4 nitrogen and oxygen atoms in total. The highest BCUT2D eigenvalue weighted by Gasteiger charge is 2.44. The highest BCUT2D eigenvalue weighted by atomic mass is 79.9. The smallest absolute Gasteiger partial charge is 0.329 e. The van der Waals surface area contributed by atoms with Gasteiger partial charge in [-0.1, -0.05) is 0 Å². The summed E-state index contributed by atoms with van der Waals surface area (Å²) in [5.74, 6) is -1.10. The van der Waals surface area contributed by atoms with E-state index in [1.165, 1.54) is 16.2 Å². The largest absolute Gasteiger partial charge is 0.480 e. The highest BCUT2D eigenvalue weighted by molar-refractivity contribution is 9.11. The SMILES string of the molecule is Cc1cc(C(=O)N2CCCCC2(C)C(=O)O)sc1Br. The quantitative estimate of drug-likeness (QED) is 0.894. The van der Waals surface area contributed by atoms with Gasteiger partial charge in [-0.3, -0.25) is 4.79 Å². The molecule has 104 valence electrons. The van der Waals surface area contributed by atoms with Crippen LogP contribution in [0.1, 0.15) is 41.4 Å². The second-order valence-electron chi connectivity index (χ2n) is 5.06. The molecule has 0 aliphatic carbocycles. The lowest BCUT2D eigenvalue weighted by atomic mass is 9.88. The van der Waals surface area contributed by atoms with Gasteiger partial charge in [-0.15, -0.1) is 11.3 Å². The van der Waals surface area contributed by atoms with Crippen LogP contribution >= 0.6 is 27.3 Å². The summed E-state index contributed by atoms with van der Waals surface area (Å²) in [5, 5.41) is 9.42. The summed E-state index contributed by atoms with van der Waals surface area (Å²) in [5.41, 5.74) is -0.0814. The van der Waals surface area contributed by atoms with Crippen LogP contribution in [-0.2, 0) is 4.79 Å². The molecule has 1 fully saturated rings. The molecule has 1 aliphatic heterocycles. The summed E-state index contributed by atoms with van der Waals surface area (Å²) in [4.78, 5) is 26.1. The predicted octanol–water partition coefficient (Wildman–Crippen LogP) is 3.29. The molecule has 1 saturated heterocycles. The Morgan fingerprint density at radius 1 is 1.47 bits per heavy atom. The van der Waals surface area contributed by atoms with Gasteiger partial charge in [-0.05, 0) is 60.7 Å². The van der Waals surface area contributed by atoms with Gasteiger partial charge >= 0.3 is 5.97 Å². The maximum Gasteiger partial charge on any atom is 0.329 e. The number of thiophene rings is 1. The molecule has 1 aliphatic rings. The maximum atomic E-state index is 12.5. The molecule has 19 heavy (non-hydrogen) atoms. The van der Waals surface area contributed by atoms with Crippen LogP contribution in [0.25, 0.3) is 0 Å². The van der Waals surface area contributed by atoms with E-state index >= 15 is 0 Å². The fourth-order valence-corrected chi connectivity index (χ4v) is 3.85. The van der Waals surface area contributed by atoms with Crippen molar-refractivity contribution >= 4 is 39.1 Å². The number of likely N-dealkylation sites (tertiary alicyclic amines) is 1. The third-order valence-electron chi connectivity index (χ3n) is 3.66. The molecule has 1 amide bonds. The number of hydrogen-bond acceptors (Lipinski definition) is 3. The second kappa shape index (κ2) is 5.25. The Labute approximate surface area is 124 Å². The Kier molecular flexibility index (Phi) is 4.01. The van der Waals surface area contributed by atoms with Gasteiger partial charge < -0.3 is 10.0 Å². The molecule has 0 bridgehead atoms. The zero-order valence-corrected chi connectivity index (χ0v) is 13.3. The third-order valence-corrected chi connectivity index (χ3v) is 5.79. The number of carboxylic acid groups (broad SMARTS) is 1. The average Bonchev–Trinajstić information content (AvgIpc) is 2.69. The first-order valence-electron chi connectivity index (χ1n) is 6.17. The molecule has 0 radical (unpaired) electrons. The number of halogens is 1. The van der Waals surface area contributed by atoms with Crippen molar-refractivity contribution in [3.05, 3.63) is 20.3 Å². The molecule has 1 aromatic heterocycles. The van der Waals surface area contributed by atoms with Crippen LogP contribution in [0, 0.1) is 6.92 Å². The summed E-state index contributed by atoms with van der Waals surface area (Å²) < 4.78 is 0.921. The maximum absolute atomic E-state index is 12.5. The summed E-state index contributed by atoms with van der Waals surface area (Å²) in [6, 6.07) is 1.81. The van der Waals surface area contributed by atoms with E-state index in [0.29, 0.717) is 17.8 Å². The number of carbonyl (C=O) groups excluding carboxylic acids is 1. The fraction of sp³-hybridized carbons (Fsp3) is 0.538. The van der Waals surface area contributed by atoms with E-state index < -0.39 is 11.5 Å². The molecule has 1 atom stereocenters. The van der Waals surface area contributed by atoms with Crippen LogP contribution in [0.3, 0.4) is 0 Å². The lowest BCUT2D eigenvalue weighted by Crippen LogP contribution is -2.57. The number of aryl methyl sites for hydroxylation is 1. The normalized spacial score (nSPS) is 23.4. The van der Waals surface area contributed by atoms with Gasteiger partial charge in [0, 0.05) is 6.54 Å². The minimum absolute atomic E-state index is 0.177. The van der Waals surface area contributed by atoms with E-state index in [0.717, 1.165) is 22.2 Å². The lowest BCUT2D eigenvalue weighted by Gasteiger charge is -2.41. The zero-order valence-electron chi connectivity index (χ0n) is 10.9. The van der Waals surface area contributed by atoms with Crippen molar-refractivity contribution in [2.75, 3.05) is 6.54 Å². The molecule has 1 unspecified atom stereocenters. The van der Waals surface area contributed by atoms with E-state index in [2.05, 4.69) is 15.9 Å². The van der Waals surface area contributed by atoms with Crippen molar-refractivity contribution < 1.29 is 14.7 Å². The van der Waals surface area contributed by atoms with Crippen LogP contribution < -0.4 is 0 Å². The molecule has 6 heteroatoms. The molecule has 0 spiro atoms. The van der Waals surface area contributed by atoms with Crippen molar-refractivity contribution in [3.8, 4) is 0 Å². The van der Waals surface area contributed by atoms with E-state index in [1.807, 2.05) is 13.0 Å². The van der Waals surface area contributed by atoms with Crippen LogP contribution in [0.4, 0.5) is 0 Å². The van der Waals surface area contributed by atoms with E-state index in [9.17, 15) is 14.7 Å². The number of carbonyl (C=O) groups is 2. The Morgan fingerprint density at radius 2 is 2.16 bits per heavy atom. The molecule has 2 heterocycles. The molecular weight excluding hydrogens is 330 g/mol. The number of aliphatic carboxylic acids is 1. The van der Waals surface area contributed by atoms with Gasteiger partial charge in [0.25, 0.3) is 5.91 Å². The van der Waals surface area contributed by atoms with Gasteiger partial charge in [-0.25, -0.2) is 4.79 Å². The van der Waals surface area contributed by atoms with Crippen LogP contribution in [0.15, 0.2) is 9.85 Å². The van der Waals surface area contributed by atoms with Crippen molar-refractivity contribution in [1.29, 1.82) is 0 Å². The number of carboxylic acids is 1. The topological polar surface area (TPSA) is 57.6 Å². The van der Waals surface area contributed by atoms with Crippen LogP contribution in [0.2, 0.25) is 0 Å². The minimum Gasteiger partial charge on any atom is -0.480 e. The fourth-order valence-electron chi connectivity index (χ4n) is 2.37. The first-order valence-corrected chi connectivity index (χ1v) is 7.78. The molecule has 0 saturated carbocycles. The van der Waals surface area contributed by atoms with Crippen LogP contribution in [0.5, 0.6) is 0 Å². The minimum atomic E-state index is -1.08. The third kappa shape index (κ3) is 2.56. The Hall–Kier alpha value is -0.880. The number of rotatable bonds is 2. The Morgan fingerprint density at radius 3 is 2.68 bits per heavy atom. The van der Waals surface area contributed by atoms with E-state index in [1.54, 1.807) is 6.92 Å². The summed E-state index contributed by atoms with van der Waals surface area (Å²) in [6.07, 6.45) is 2.22. The van der Waals surface area contributed by atoms with E-state index in [4.69, 9.17) is 0 Å². The van der Waals surface area contributed by atoms with Gasteiger partial charge in [0.15, 0.2) is 0 Å². The molecular formula is C13H16BrNO3S. The molecule has 0 aromatic carbocycles. The van der Waals surface area contributed by atoms with Crippen molar-refractivity contribution in [2.45, 2.75) is 38.6 Å². The van der Waals surface area contributed by atoms with Crippen molar-refractivity contribution in [2.24, 2.45) is 0 Å². The summed E-state index contributed by atoms with van der Waals surface area (Å²) in [7, 11) is 0. The monoisotopic (exact) mass is 345 g/mol. The number of nitrogens with zero attached hydrogens (tertiary/aromatic N) is 1.